The molecule has 1 aromatic carbocycles. The highest BCUT2D eigenvalue weighted by molar-refractivity contribution is 6.30. The third kappa shape index (κ3) is 5.41. The summed E-state index contributed by atoms with van der Waals surface area (Å²) in [5.74, 6) is 0.627. The summed E-state index contributed by atoms with van der Waals surface area (Å²) in [4.78, 5) is 0. The Labute approximate surface area is 117 Å². The molecular formula is C16H26ClN. The lowest BCUT2D eigenvalue weighted by atomic mass is 9.77. The highest BCUT2D eigenvalue weighted by atomic mass is 35.5. The van der Waals surface area contributed by atoms with Crippen LogP contribution in [0.4, 0.5) is 0 Å². The van der Waals surface area contributed by atoms with Crippen molar-refractivity contribution in [2.45, 2.75) is 40.5 Å². The second-order valence-corrected chi connectivity index (χ2v) is 6.54. The van der Waals surface area contributed by atoms with Gasteiger partial charge in [-0.2, -0.15) is 0 Å². The average molecular weight is 268 g/mol. The van der Waals surface area contributed by atoms with E-state index < -0.39 is 0 Å². The molecule has 1 nitrogen and oxygen atoms in total. The largest absolute Gasteiger partial charge is 0.316 e. The number of hydrogen-bond donors (Lipinski definition) is 1. The van der Waals surface area contributed by atoms with E-state index in [1.165, 1.54) is 12.0 Å². The van der Waals surface area contributed by atoms with Crippen LogP contribution >= 0.6 is 11.6 Å². The summed E-state index contributed by atoms with van der Waals surface area (Å²) in [6.45, 7) is 11.3. The number of halogens is 1. The summed E-state index contributed by atoms with van der Waals surface area (Å²) in [5, 5.41) is 4.38. The lowest BCUT2D eigenvalue weighted by molar-refractivity contribution is 0.231. The van der Waals surface area contributed by atoms with Crippen molar-refractivity contribution >= 4 is 11.6 Å². The van der Waals surface area contributed by atoms with Crippen molar-refractivity contribution in [1.29, 1.82) is 0 Å². The SMILES string of the molecule is CCCNCC(Cc1cccc(Cl)c1)C(C)(C)C. The van der Waals surface area contributed by atoms with Gasteiger partial charge in [0.05, 0.1) is 0 Å². The third-order valence-electron chi connectivity index (χ3n) is 3.41. The standard InChI is InChI=1S/C16H26ClN/c1-5-9-18-12-14(16(2,3)4)10-13-7-6-8-15(17)11-13/h6-8,11,14,18H,5,9-10,12H2,1-4H3. The molecule has 1 rings (SSSR count). The predicted molar refractivity (Wildman–Crippen MR) is 81.3 cm³/mol. The average Bonchev–Trinajstić information content (AvgIpc) is 2.27. The predicted octanol–water partition coefficient (Wildman–Crippen LogP) is 4.54. The molecule has 1 unspecified atom stereocenters. The van der Waals surface area contributed by atoms with Crippen molar-refractivity contribution in [3.63, 3.8) is 0 Å². The van der Waals surface area contributed by atoms with E-state index >= 15 is 0 Å². The molecule has 0 bridgehead atoms. The Kier molecular flexibility index (Phi) is 6.17. The van der Waals surface area contributed by atoms with Gasteiger partial charge in [-0.15, -0.1) is 0 Å². The summed E-state index contributed by atoms with van der Waals surface area (Å²) < 4.78 is 0. The van der Waals surface area contributed by atoms with Gasteiger partial charge in [0.2, 0.25) is 0 Å². The third-order valence-corrected chi connectivity index (χ3v) is 3.65. The molecule has 18 heavy (non-hydrogen) atoms. The summed E-state index contributed by atoms with van der Waals surface area (Å²) in [6, 6.07) is 8.23. The molecule has 0 saturated carbocycles. The first-order chi connectivity index (χ1) is 8.43. The summed E-state index contributed by atoms with van der Waals surface area (Å²) >= 11 is 6.05. The highest BCUT2D eigenvalue weighted by Crippen LogP contribution is 2.29. The number of nitrogens with one attached hydrogen (secondary N) is 1. The van der Waals surface area contributed by atoms with Gasteiger partial charge in [0.1, 0.15) is 0 Å². The number of benzene rings is 1. The molecule has 0 radical (unpaired) electrons. The van der Waals surface area contributed by atoms with Gasteiger partial charge in [-0.1, -0.05) is 51.4 Å². The monoisotopic (exact) mass is 267 g/mol. The van der Waals surface area contributed by atoms with Crippen LogP contribution in [-0.4, -0.2) is 13.1 Å². The Morgan fingerprint density at radius 3 is 2.56 bits per heavy atom. The maximum Gasteiger partial charge on any atom is 0.0408 e. The Bertz CT molecular complexity index is 354. The van der Waals surface area contributed by atoms with E-state index in [4.69, 9.17) is 11.6 Å². The fourth-order valence-electron chi connectivity index (χ4n) is 2.09. The molecule has 0 aliphatic rings. The van der Waals surface area contributed by atoms with Crippen LogP contribution in [-0.2, 0) is 6.42 Å². The second kappa shape index (κ2) is 7.16. The zero-order chi connectivity index (χ0) is 13.6. The molecule has 0 aromatic heterocycles. The molecule has 1 atom stereocenters. The molecule has 0 fully saturated rings. The molecule has 0 saturated heterocycles. The molecular weight excluding hydrogens is 242 g/mol. The first-order valence-electron chi connectivity index (χ1n) is 6.88. The fraction of sp³-hybridized carbons (Fsp3) is 0.625. The molecule has 102 valence electrons. The molecule has 0 aliphatic heterocycles. The first-order valence-corrected chi connectivity index (χ1v) is 7.26. The molecule has 1 aromatic rings. The molecule has 0 aliphatic carbocycles. The van der Waals surface area contributed by atoms with Gasteiger partial charge in [-0.25, -0.2) is 0 Å². The topological polar surface area (TPSA) is 12.0 Å². The van der Waals surface area contributed by atoms with Crippen LogP contribution in [0.25, 0.3) is 0 Å². The fourth-order valence-corrected chi connectivity index (χ4v) is 2.30. The normalized spacial score (nSPS) is 13.6. The second-order valence-electron chi connectivity index (χ2n) is 6.10. The van der Waals surface area contributed by atoms with E-state index in [0.717, 1.165) is 24.5 Å². The molecule has 2 heteroatoms. The van der Waals surface area contributed by atoms with Crippen LogP contribution in [0.3, 0.4) is 0 Å². The van der Waals surface area contributed by atoms with Gasteiger partial charge in [0.25, 0.3) is 0 Å². The maximum absolute atomic E-state index is 6.05. The zero-order valence-corrected chi connectivity index (χ0v) is 12.8. The molecule has 0 spiro atoms. The van der Waals surface area contributed by atoms with Gasteiger partial charge < -0.3 is 5.32 Å². The Morgan fingerprint density at radius 1 is 1.28 bits per heavy atom. The van der Waals surface area contributed by atoms with Gasteiger partial charge in [0, 0.05) is 5.02 Å². The lowest BCUT2D eigenvalue weighted by Gasteiger charge is -2.31. The Morgan fingerprint density at radius 2 is 2.00 bits per heavy atom. The van der Waals surface area contributed by atoms with E-state index in [0.29, 0.717) is 11.3 Å². The van der Waals surface area contributed by atoms with E-state index in [-0.39, 0.29) is 0 Å². The van der Waals surface area contributed by atoms with E-state index in [9.17, 15) is 0 Å². The van der Waals surface area contributed by atoms with Crippen LogP contribution < -0.4 is 5.32 Å². The number of rotatable bonds is 6. The maximum atomic E-state index is 6.05. The first kappa shape index (κ1) is 15.5. The van der Waals surface area contributed by atoms with Crippen LogP contribution in [0.5, 0.6) is 0 Å². The van der Waals surface area contributed by atoms with E-state index in [2.05, 4.69) is 45.1 Å². The van der Waals surface area contributed by atoms with Crippen molar-refractivity contribution in [3.05, 3.63) is 34.9 Å². The van der Waals surface area contributed by atoms with Crippen molar-refractivity contribution in [2.24, 2.45) is 11.3 Å². The van der Waals surface area contributed by atoms with Gasteiger partial charge in [-0.05, 0) is 55.0 Å². The van der Waals surface area contributed by atoms with Crippen LogP contribution in [0.2, 0.25) is 5.02 Å². The number of hydrogen-bond acceptors (Lipinski definition) is 1. The van der Waals surface area contributed by atoms with Crippen molar-refractivity contribution in [2.75, 3.05) is 13.1 Å². The van der Waals surface area contributed by atoms with Crippen LogP contribution in [0.1, 0.15) is 39.7 Å². The molecule has 0 amide bonds. The lowest BCUT2D eigenvalue weighted by Crippen LogP contribution is -2.33. The van der Waals surface area contributed by atoms with Crippen LogP contribution in [0, 0.1) is 11.3 Å². The summed E-state index contributed by atoms with van der Waals surface area (Å²) in [6.07, 6.45) is 2.27. The summed E-state index contributed by atoms with van der Waals surface area (Å²) in [5.41, 5.74) is 1.64. The summed E-state index contributed by atoms with van der Waals surface area (Å²) in [7, 11) is 0. The zero-order valence-electron chi connectivity index (χ0n) is 12.1. The van der Waals surface area contributed by atoms with E-state index in [1.807, 2.05) is 12.1 Å². The van der Waals surface area contributed by atoms with Gasteiger partial charge in [0.15, 0.2) is 0 Å². The quantitative estimate of drug-likeness (QED) is 0.746. The van der Waals surface area contributed by atoms with Gasteiger partial charge >= 0.3 is 0 Å². The van der Waals surface area contributed by atoms with Crippen molar-refractivity contribution in [3.8, 4) is 0 Å². The smallest absolute Gasteiger partial charge is 0.0408 e. The minimum atomic E-state index is 0.309. The minimum absolute atomic E-state index is 0.309. The van der Waals surface area contributed by atoms with Crippen molar-refractivity contribution in [1.82, 2.24) is 5.32 Å². The van der Waals surface area contributed by atoms with E-state index in [1.54, 1.807) is 0 Å². The van der Waals surface area contributed by atoms with Crippen LogP contribution in [0.15, 0.2) is 24.3 Å². The van der Waals surface area contributed by atoms with Gasteiger partial charge in [-0.3, -0.25) is 0 Å². The Hall–Kier alpha value is -0.530. The molecule has 1 N–H and O–H groups in total. The minimum Gasteiger partial charge on any atom is -0.316 e. The van der Waals surface area contributed by atoms with Crippen molar-refractivity contribution < 1.29 is 0 Å². The highest BCUT2D eigenvalue weighted by Gasteiger charge is 2.24. The Balaban J connectivity index is 2.66. The molecule has 0 heterocycles.